The van der Waals surface area contributed by atoms with Crippen molar-refractivity contribution in [2.45, 2.75) is 18.3 Å². The third kappa shape index (κ3) is 1.75. The molecule has 2 rings (SSSR count). The van der Waals surface area contributed by atoms with Gasteiger partial charge in [0.15, 0.2) is 0 Å². The molecule has 0 aromatic heterocycles. The van der Waals surface area contributed by atoms with Crippen LogP contribution >= 0.6 is 15.9 Å². The summed E-state index contributed by atoms with van der Waals surface area (Å²) in [5.41, 5.74) is 0.640. The molecule has 1 unspecified atom stereocenters. The van der Waals surface area contributed by atoms with E-state index in [0.717, 1.165) is 4.47 Å². The van der Waals surface area contributed by atoms with Crippen molar-refractivity contribution in [2.75, 3.05) is 7.11 Å². The monoisotopic (exact) mass is 262 g/mol. The van der Waals surface area contributed by atoms with E-state index in [0.29, 0.717) is 11.3 Å². The Labute approximate surface area is 89.2 Å². The van der Waals surface area contributed by atoms with E-state index in [-0.39, 0.29) is 6.42 Å². The Kier molecular flexibility index (Phi) is 2.26. The maximum absolute atomic E-state index is 12.8. The number of halogens is 3. The third-order valence-electron chi connectivity index (χ3n) is 2.36. The zero-order valence-electron chi connectivity index (χ0n) is 7.56. The van der Waals surface area contributed by atoms with E-state index in [1.165, 1.54) is 7.11 Å². The minimum absolute atomic E-state index is 0.0490. The lowest BCUT2D eigenvalue weighted by Gasteiger charge is -2.05. The van der Waals surface area contributed by atoms with E-state index in [2.05, 4.69) is 15.9 Å². The van der Waals surface area contributed by atoms with Gasteiger partial charge in [0.2, 0.25) is 0 Å². The van der Waals surface area contributed by atoms with Gasteiger partial charge in [-0.1, -0.05) is 15.9 Å². The molecule has 1 saturated carbocycles. The number of benzene rings is 1. The average molecular weight is 263 g/mol. The molecule has 0 spiro atoms. The number of rotatable bonds is 2. The van der Waals surface area contributed by atoms with Crippen LogP contribution in [-0.2, 0) is 0 Å². The van der Waals surface area contributed by atoms with Gasteiger partial charge in [-0.3, -0.25) is 0 Å². The first-order valence-electron chi connectivity index (χ1n) is 4.25. The molecule has 1 nitrogen and oxygen atoms in total. The summed E-state index contributed by atoms with van der Waals surface area (Å²) in [6.45, 7) is 0. The van der Waals surface area contributed by atoms with E-state index in [1.807, 2.05) is 0 Å². The van der Waals surface area contributed by atoms with Crippen LogP contribution in [0.5, 0.6) is 5.75 Å². The highest BCUT2D eigenvalue weighted by atomic mass is 79.9. The molecule has 1 aromatic carbocycles. The summed E-state index contributed by atoms with van der Waals surface area (Å²) in [5.74, 6) is -2.54. The van der Waals surface area contributed by atoms with Crippen LogP contribution in [0.25, 0.3) is 0 Å². The number of hydrogen-bond acceptors (Lipinski definition) is 1. The standard InChI is InChI=1S/C10H9BrF2O/c1-14-8-3-6(2-7(11)4-8)9-5-10(9,12)13/h2-4,9H,5H2,1H3. The molecule has 0 saturated heterocycles. The van der Waals surface area contributed by atoms with Crippen LogP contribution in [0.2, 0.25) is 0 Å². The highest BCUT2D eigenvalue weighted by Crippen LogP contribution is 2.56. The predicted octanol–water partition coefficient (Wildman–Crippen LogP) is 3.58. The Bertz CT molecular complexity index is 365. The van der Waals surface area contributed by atoms with E-state index in [9.17, 15) is 8.78 Å². The first-order valence-corrected chi connectivity index (χ1v) is 5.04. The number of hydrogen-bond donors (Lipinski definition) is 0. The van der Waals surface area contributed by atoms with Crippen LogP contribution in [0.4, 0.5) is 8.78 Å². The second-order valence-corrected chi connectivity index (χ2v) is 4.36. The summed E-state index contributed by atoms with van der Waals surface area (Å²) in [6, 6.07) is 5.13. The first kappa shape index (κ1) is 9.90. The molecule has 1 fully saturated rings. The number of alkyl halides is 2. The van der Waals surface area contributed by atoms with Crippen LogP contribution in [0.15, 0.2) is 22.7 Å². The molecule has 0 amide bonds. The summed E-state index contributed by atoms with van der Waals surface area (Å²) < 4.78 is 31.4. The van der Waals surface area contributed by atoms with Crippen LogP contribution < -0.4 is 4.74 Å². The summed E-state index contributed by atoms with van der Waals surface area (Å²) in [5, 5.41) is 0. The van der Waals surface area contributed by atoms with Gasteiger partial charge in [0, 0.05) is 10.9 Å². The molecule has 4 heteroatoms. The van der Waals surface area contributed by atoms with Gasteiger partial charge >= 0.3 is 0 Å². The van der Waals surface area contributed by atoms with Crippen LogP contribution in [0, 0.1) is 0 Å². The quantitative estimate of drug-likeness (QED) is 0.792. The highest BCUT2D eigenvalue weighted by Gasteiger charge is 2.57. The van der Waals surface area contributed by atoms with Gasteiger partial charge in [0.1, 0.15) is 5.75 Å². The molecule has 76 valence electrons. The van der Waals surface area contributed by atoms with Gasteiger partial charge in [-0.25, -0.2) is 8.78 Å². The molecular weight excluding hydrogens is 254 g/mol. The minimum atomic E-state index is -2.52. The highest BCUT2D eigenvalue weighted by molar-refractivity contribution is 9.10. The van der Waals surface area contributed by atoms with Crippen molar-refractivity contribution >= 4 is 15.9 Å². The van der Waals surface area contributed by atoms with Crippen molar-refractivity contribution in [3.63, 3.8) is 0 Å². The van der Waals surface area contributed by atoms with E-state index < -0.39 is 11.8 Å². The normalized spacial score (nSPS) is 23.3. The van der Waals surface area contributed by atoms with E-state index >= 15 is 0 Å². The predicted molar refractivity (Wildman–Crippen MR) is 53.0 cm³/mol. The maximum Gasteiger partial charge on any atom is 0.255 e. The van der Waals surface area contributed by atoms with Gasteiger partial charge in [-0.15, -0.1) is 0 Å². The Hall–Kier alpha value is -0.640. The SMILES string of the molecule is COc1cc(Br)cc(C2CC2(F)F)c1. The van der Waals surface area contributed by atoms with Gasteiger partial charge in [-0.05, 0) is 23.8 Å². The Balaban J connectivity index is 2.31. The van der Waals surface area contributed by atoms with E-state index in [1.54, 1.807) is 18.2 Å². The Morgan fingerprint density at radius 3 is 2.57 bits per heavy atom. The second kappa shape index (κ2) is 3.19. The largest absolute Gasteiger partial charge is 0.497 e. The average Bonchev–Trinajstić information content (AvgIpc) is 2.74. The van der Waals surface area contributed by atoms with Gasteiger partial charge < -0.3 is 4.74 Å². The first-order chi connectivity index (χ1) is 6.53. The van der Waals surface area contributed by atoms with Gasteiger partial charge in [-0.2, -0.15) is 0 Å². The minimum Gasteiger partial charge on any atom is -0.497 e. The van der Waals surface area contributed by atoms with Crippen molar-refractivity contribution in [3.05, 3.63) is 28.2 Å². The molecule has 0 N–H and O–H groups in total. The number of methoxy groups -OCH3 is 1. The molecule has 14 heavy (non-hydrogen) atoms. The topological polar surface area (TPSA) is 9.23 Å². The summed E-state index contributed by atoms with van der Waals surface area (Å²) >= 11 is 3.26. The van der Waals surface area contributed by atoms with Crippen LogP contribution in [0.1, 0.15) is 17.9 Å². The molecule has 0 aliphatic heterocycles. The molecule has 0 bridgehead atoms. The second-order valence-electron chi connectivity index (χ2n) is 3.44. The fraction of sp³-hybridized carbons (Fsp3) is 0.400. The fourth-order valence-electron chi connectivity index (χ4n) is 1.48. The Morgan fingerprint density at radius 1 is 1.43 bits per heavy atom. The van der Waals surface area contributed by atoms with Crippen molar-refractivity contribution in [1.29, 1.82) is 0 Å². The maximum atomic E-state index is 12.8. The molecule has 0 heterocycles. The van der Waals surface area contributed by atoms with Crippen molar-refractivity contribution < 1.29 is 13.5 Å². The van der Waals surface area contributed by atoms with Gasteiger partial charge in [0.05, 0.1) is 13.0 Å². The molecule has 1 aromatic rings. The summed E-state index contributed by atoms with van der Waals surface area (Å²) in [6.07, 6.45) is -0.0490. The van der Waals surface area contributed by atoms with Crippen molar-refractivity contribution in [2.24, 2.45) is 0 Å². The van der Waals surface area contributed by atoms with Crippen molar-refractivity contribution in [1.82, 2.24) is 0 Å². The molecule has 0 radical (unpaired) electrons. The zero-order valence-corrected chi connectivity index (χ0v) is 9.14. The fourth-order valence-corrected chi connectivity index (χ4v) is 1.97. The van der Waals surface area contributed by atoms with Crippen molar-refractivity contribution in [3.8, 4) is 5.75 Å². The number of ether oxygens (including phenoxy) is 1. The summed E-state index contributed by atoms with van der Waals surface area (Å²) in [4.78, 5) is 0. The van der Waals surface area contributed by atoms with Crippen LogP contribution in [0.3, 0.4) is 0 Å². The molecule has 1 aliphatic carbocycles. The lowest BCUT2D eigenvalue weighted by atomic mass is 10.1. The molecule has 1 atom stereocenters. The Morgan fingerprint density at radius 2 is 2.07 bits per heavy atom. The molecule has 1 aliphatic rings. The lowest BCUT2D eigenvalue weighted by molar-refractivity contribution is 0.112. The van der Waals surface area contributed by atoms with Gasteiger partial charge in [0.25, 0.3) is 5.92 Å². The van der Waals surface area contributed by atoms with Crippen LogP contribution in [-0.4, -0.2) is 13.0 Å². The smallest absolute Gasteiger partial charge is 0.255 e. The third-order valence-corrected chi connectivity index (χ3v) is 2.82. The molecular formula is C10H9BrF2O. The van der Waals surface area contributed by atoms with E-state index in [4.69, 9.17) is 4.74 Å². The lowest BCUT2D eigenvalue weighted by Crippen LogP contribution is -1.94. The summed E-state index contributed by atoms with van der Waals surface area (Å²) in [7, 11) is 1.52. The zero-order chi connectivity index (χ0) is 10.3.